The van der Waals surface area contributed by atoms with Gasteiger partial charge in [0.05, 0.1) is 18.4 Å². The number of carbonyl (C=O) groups excluding carboxylic acids is 3. The number of thiophene rings is 1. The van der Waals surface area contributed by atoms with E-state index in [-0.39, 0.29) is 17.9 Å². The highest BCUT2D eigenvalue weighted by Crippen LogP contribution is 2.21. The van der Waals surface area contributed by atoms with Crippen LogP contribution in [0.2, 0.25) is 0 Å². The van der Waals surface area contributed by atoms with E-state index in [1.54, 1.807) is 25.2 Å². The van der Waals surface area contributed by atoms with Gasteiger partial charge in [-0.15, -0.1) is 11.3 Å². The van der Waals surface area contributed by atoms with Gasteiger partial charge in [-0.2, -0.15) is 0 Å². The maximum absolute atomic E-state index is 12.6. The second-order valence-corrected chi connectivity index (χ2v) is 7.08. The molecule has 0 aliphatic rings. The average molecular weight is 377 g/mol. The molecule has 6 nitrogen and oxygen atoms in total. The first kappa shape index (κ1) is 19.9. The minimum absolute atomic E-state index is 0.256. The number of aryl methyl sites for hydroxylation is 2. The lowest BCUT2D eigenvalue weighted by molar-refractivity contribution is -0.146. The number of aromatic nitrogens is 1. The molecule has 0 radical (unpaired) electrons. The fraction of sp³-hybridized carbons (Fsp3) is 0.421. The van der Waals surface area contributed by atoms with E-state index in [0.29, 0.717) is 23.2 Å². The lowest BCUT2D eigenvalue weighted by Crippen LogP contribution is -2.25. The van der Waals surface area contributed by atoms with E-state index in [0.717, 1.165) is 6.42 Å². The number of nitrogens with one attached hydrogen (secondary N) is 1. The zero-order chi connectivity index (χ0) is 19.3. The molecule has 140 valence electrons. The molecule has 1 atom stereocenters. The molecule has 0 aliphatic heterocycles. The first-order valence-corrected chi connectivity index (χ1v) is 9.26. The zero-order valence-electron chi connectivity index (χ0n) is 15.4. The van der Waals surface area contributed by atoms with E-state index in [2.05, 4.69) is 4.98 Å². The van der Waals surface area contributed by atoms with Crippen LogP contribution in [0.25, 0.3) is 0 Å². The van der Waals surface area contributed by atoms with Gasteiger partial charge in [-0.25, -0.2) is 4.79 Å². The van der Waals surface area contributed by atoms with Crippen LogP contribution in [0.4, 0.5) is 0 Å². The third-order valence-electron chi connectivity index (χ3n) is 4.14. The Hall–Kier alpha value is -2.41. The smallest absolute Gasteiger partial charge is 0.339 e. The normalized spacial score (nSPS) is 11.8. The van der Waals surface area contributed by atoms with Crippen LogP contribution in [0.15, 0.2) is 17.5 Å². The number of hydrogen-bond acceptors (Lipinski definition) is 6. The van der Waals surface area contributed by atoms with Gasteiger partial charge in [0.1, 0.15) is 0 Å². The van der Waals surface area contributed by atoms with Gasteiger partial charge in [0, 0.05) is 17.0 Å². The minimum Gasteiger partial charge on any atom is -0.465 e. The van der Waals surface area contributed by atoms with Gasteiger partial charge in [0.25, 0.3) is 0 Å². The molecule has 0 aromatic carbocycles. The maximum Gasteiger partial charge on any atom is 0.339 e. The monoisotopic (exact) mass is 377 g/mol. The number of ketones is 1. The lowest BCUT2D eigenvalue weighted by Gasteiger charge is -2.12. The molecule has 0 fully saturated rings. The molecular formula is C19H23NO5S. The van der Waals surface area contributed by atoms with Crippen LogP contribution in [-0.4, -0.2) is 35.9 Å². The number of ether oxygens (including phenoxy) is 2. The van der Waals surface area contributed by atoms with E-state index >= 15 is 0 Å². The third-order valence-corrected chi connectivity index (χ3v) is 5.07. The summed E-state index contributed by atoms with van der Waals surface area (Å²) in [7, 11) is 1.29. The summed E-state index contributed by atoms with van der Waals surface area (Å²) in [6.07, 6.45) is 0.817. The third kappa shape index (κ3) is 4.60. The molecule has 0 unspecified atom stereocenters. The van der Waals surface area contributed by atoms with Crippen molar-refractivity contribution in [3.05, 3.63) is 44.9 Å². The van der Waals surface area contributed by atoms with Crippen molar-refractivity contribution in [1.29, 1.82) is 0 Å². The molecule has 0 spiro atoms. The number of rotatable bonds is 8. The van der Waals surface area contributed by atoms with E-state index < -0.39 is 18.0 Å². The van der Waals surface area contributed by atoms with Crippen molar-refractivity contribution in [3.8, 4) is 0 Å². The summed E-state index contributed by atoms with van der Waals surface area (Å²) >= 11 is 1.65. The number of hydrogen-bond donors (Lipinski definition) is 1. The highest BCUT2D eigenvalue weighted by atomic mass is 32.1. The van der Waals surface area contributed by atoms with E-state index in [1.165, 1.54) is 18.9 Å². The number of aromatic amines is 1. The summed E-state index contributed by atoms with van der Waals surface area (Å²) in [6.45, 7) is 4.89. The van der Waals surface area contributed by atoms with Crippen molar-refractivity contribution < 1.29 is 23.9 Å². The number of H-pyrrole nitrogens is 1. The van der Waals surface area contributed by atoms with Gasteiger partial charge in [0.15, 0.2) is 6.10 Å². The predicted molar refractivity (Wildman–Crippen MR) is 98.7 cm³/mol. The van der Waals surface area contributed by atoms with Crippen molar-refractivity contribution >= 4 is 29.1 Å². The van der Waals surface area contributed by atoms with Gasteiger partial charge < -0.3 is 14.5 Å². The first-order chi connectivity index (χ1) is 12.3. The van der Waals surface area contributed by atoms with Crippen LogP contribution in [0.5, 0.6) is 0 Å². The van der Waals surface area contributed by atoms with E-state index in [9.17, 15) is 14.4 Å². The Morgan fingerprint density at radius 2 is 2.00 bits per heavy atom. The van der Waals surface area contributed by atoms with Crippen molar-refractivity contribution in [3.63, 3.8) is 0 Å². The topological polar surface area (TPSA) is 85.5 Å². The van der Waals surface area contributed by atoms with Gasteiger partial charge in [-0.05, 0) is 50.6 Å². The second-order valence-electron chi connectivity index (χ2n) is 6.05. The molecular weight excluding hydrogens is 354 g/mol. The zero-order valence-corrected chi connectivity index (χ0v) is 16.2. The van der Waals surface area contributed by atoms with Gasteiger partial charge in [-0.1, -0.05) is 6.07 Å². The summed E-state index contributed by atoms with van der Waals surface area (Å²) in [6, 6.07) is 4.00. The molecule has 2 aromatic rings. The molecule has 0 aliphatic carbocycles. The van der Waals surface area contributed by atoms with Crippen LogP contribution in [0, 0.1) is 13.8 Å². The largest absolute Gasteiger partial charge is 0.465 e. The fourth-order valence-corrected chi connectivity index (χ4v) is 3.53. The van der Waals surface area contributed by atoms with Crippen LogP contribution in [0.3, 0.4) is 0 Å². The molecule has 7 heteroatoms. The summed E-state index contributed by atoms with van der Waals surface area (Å²) in [4.78, 5) is 40.5. The Balaban J connectivity index is 1.94. The first-order valence-electron chi connectivity index (χ1n) is 8.38. The molecule has 0 saturated heterocycles. The quantitative estimate of drug-likeness (QED) is 0.561. The Morgan fingerprint density at radius 3 is 2.62 bits per heavy atom. The molecule has 0 saturated carbocycles. The SMILES string of the molecule is COC(=O)c1c(C)[nH]c(C(=O)[C@@H](C)OC(=O)CCCc2cccs2)c1C. The van der Waals surface area contributed by atoms with Crippen LogP contribution in [-0.2, 0) is 20.7 Å². The molecule has 0 amide bonds. The lowest BCUT2D eigenvalue weighted by atomic mass is 10.1. The number of carbonyl (C=O) groups is 3. The molecule has 0 bridgehead atoms. The van der Waals surface area contributed by atoms with Crippen LogP contribution in [0.1, 0.15) is 56.7 Å². The second kappa shape index (κ2) is 8.80. The number of esters is 2. The van der Waals surface area contributed by atoms with Gasteiger partial charge >= 0.3 is 11.9 Å². The van der Waals surface area contributed by atoms with Crippen LogP contribution >= 0.6 is 11.3 Å². The maximum atomic E-state index is 12.6. The predicted octanol–water partition coefficient (Wildman–Crippen LogP) is 3.62. The Bertz CT molecular complexity index is 791. The molecule has 26 heavy (non-hydrogen) atoms. The van der Waals surface area contributed by atoms with Crippen molar-refractivity contribution in [1.82, 2.24) is 4.98 Å². The fourth-order valence-electron chi connectivity index (χ4n) is 2.78. The summed E-state index contributed by atoms with van der Waals surface area (Å²) in [5.41, 5.74) is 1.65. The van der Waals surface area contributed by atoms with Gasteiger partial charge in [-0.3, -0.25) is 9.59 Å². The van der Waals surface area contributed by atoms with Crippen molar-refractivity contribution in [2.45, 2.75) is 46.1 Å². The summed E-state index contributed by atoms with van der Waals surface area (Å²) in [5.74, 6) is -1.28. The summed E-state index contributed by atoms with van der Waals surface area (Å²) < 4.78 is 9.99. The highest BCUT2D eigenvalue weighted by Gasteiger charge is 2.27. The minimum atomic E-state index is -0.925. The number of Topliss-reactive ketones (excluding diaryl/α,β-unsaturated/α-hetero) is 1. The van der Waals surface area contributed by atoms with Crippen LogP contribution < -0.4 is 0 Å². The molecule has 2 heterocycles. The van der Waals surface area contributed by atoms with Crippen molar-refractivity contribution in [2.24, 2.45) is 0 Å². The number of methoxy groups -OCH3 is 1. The van der Waals surface area contributed by atoms with Gasteiger partial charge in [0.2, 0.25) is 5.78 Å². The van der Waals surface area contributed by atoms with E-state index in [4.69, 9.17) is 9.47 Å². The summed E-state index contributed by atoms with van der Waals surface area (Å²) in [5, 5.41) is 2.00. The molecule has 2 aromatic heterocycles. The Kier molecular flexibility index (Phi) is 6.74. The van der Waals surface area contributed by atoms with Crippen molar-refractivity contribution in [2.75, 3.05) is 7.11 Å². The Morgan fingerprint density at radius 1 is 1.27 bits per heavy atom. The molecule has 2 rings (SSSR count). The Labute approximate surface area is 156 Å². The molecule has 1 N–H and O–H groups in total. The highest BCUT2D eigenvalue weighted by molar-refractivity contribution is 7.09. The standard InChI is InChI=1S/C19H23NO5S/c1-11-16(19(23)24-4)12(2)20-17(11)18(22)13(3)25-15(21)9-5-7-14-8-6-10-26-14/h6,8,10,13,20H,5,7,9H2,1-4H3/t13-/m1/s1. The average Bonchev–Trinajstić information content (AvgIpc) is 3.21. The van der Waals surface area contributed by atoms with E-state index in [1.807, 2.05) is 17.5 Å².